The molecule has 1 aliphatic carbocycles. The Morgan fingerprint density at radius 3 is 2.29 bits per heavy atom. The van der Waals surface area contributed by atoms with Crippen LogP contribution in [-0.2, 0) is 4.74 Å². The van der Waals surface area contributed by atoms with Crippen LogP contribution in [0.4, 0.5) is 4.39 Å². The summed E-state index contributed by atoms with van der Waals surface area (Å²) in [5, 5.41) is 0. The van der Waals surface area contributed by atoms with Gasteiger partial charge in [-0.2, -0.15) is 0 Å². The second-order valence-corrected chi connectivity index (χ2v) is 5.07. The lowest BCUT2D eigenvalue weighted by Gasteiger charge is -2.35. The average Bonchev–Trinajstić information content (AvgIpc) is 2.21. The van der Waals surface area contributed by atoms with Gasteiger partial charge >= 0.3 is 0 Å². The van der Waals surface area contributed by atoms with E-state index in [1.54, 1.807) is 0 Å². The van der Waals surface area contributed by atoms with Crippen LogP contribution in [-0.4, -0.2) is 18.9 Å². The molecule has 82 valence electrons. The molecule has 2 rings (SSSR count). The normalized spacial score (nSPS) is 45.0. The van der Waals surface area contributed by atoms with E-state index in [9.17, 15) is 4.39 Å². The van der Waals surface area contributed by atoms with Crippen LogP contribution in [0.1, 0.15) is 45.4 Å². The Morgan fingerprint density at radius 2 is 1.71 bits per heavy atom. The van der Waals surface area contributed by atoms with Crippen LogP contribution in [0.15, 0.2) is 0 Å². The molecule has 0 bridgehead atoms. The van der Waals surface area contributed by atoms with Gasteiger partial charge in [0.15, 0.2) is 0 Å². The predicted octanol–water partition coefficient (Wildman–Crippen LogP) is 3.33. The molecule has 2 heteroatoms. The molecule has 0 N–H and O–H groups in total. The second-order valence-electron chi connectivity index (χ2n) is 5.07. The van der Waals surface area contributed by atoms with Crippen LogP contribution in [0.2, 0.25) is 0 Å². The lowest BCUT2D eigenvalue weighted by Crippen LogP contribution is -2.34. The summed E-state index contributed by atoms with van der Waals surface area (Å²) in [6.07, 6.45) is 6.60. The van der Waals surface area contributed by atoms with E-state index in [1.165, 1.54) is 25.7 Å². The molecule has 1 nitrogen and oxygen atoms in total. The minimum absolute atomic E-state index is 0.344. The predicted molar refractivity (Wildman–Crippen MR) is 55.0 cm³/mol. The van der Waals surface area contributed by atoms with E-state index in [0.717, 1.165) is 24.7 Å². The summed E-state index contributed by atoms with van der Waals surface area (Å²) in [5.41, 5.74) is 0. The minimum atomic E-state index is -0.700. The molecular weight excluding hydrogens is 179 g/mol. The van der Waals surface area contributed by atoms with Crippen LogP contribution in [0.3, 0.4) is 0 Å². The summed E-state index contributed by atoms with van der Waals surface area (Å²) >= 11 is 0. The van der Waals surface area contributed by atoms with Crippen molar-refractivity contribution in [3.05, 3.63) is 0 Å². The van der Waals surface area contributed by atoms with Gasteiger partial charge in [0.1, 0.15) is 6.17 Å². The third-order valence-corrected chi connectivity index (χ3v) is 3.84. The molecule has 2 atom stereocenters. The third-order valence-electron chi connectivity index (χ3n) is 3.84. The van der Waals surface area contributed by atoms with E-state index in [-0.39, 0.29) is 0 Å². The molecular formula is C12H21FO. The van der Waals surface area contributed by atoms with Crippen molar-refractivity contribution in [2.45, 2.75) is 57.7 Å². The van der Waals surface area contributed by atoms with E-state index in [4.69, 9.17) is 4.74 Å². The number of ether oxygens (including phenoxy) is 1. The SMILES string of the molecule is CC1CCC(C2CCC(F)CO2)CC1. The largest absolute Gasteiger partial charge is 0.375 e. The maximum atomic E-state index is 12.9. The van der Waals surface area contributed by atoms with Gasteiger partial charge in [-0.05, 0) is 37.5 Å². The summed E-state index contributed by atoms with van der Waals surface area (Å²) < 4.78 is 18.5. The van der Waals surface area contributed by atoms with Crippen LogP contribution in [0.5, 0.6) is 0 Å². The number of halogens is 1. The van der Waals surface area contributed by atoms with Crippen molar-refractivity contribution >= 4 is 0 Å². The summed E-state index contributed by atoms with van der Waals surface area (Å²) in [4.78, 5) is 0. The van der Waals surface area contributed by atoms with Gasteiger partial charge in [0.05, 0.1) is 12.7 Å². The molecule has 1 heterocycles. The van der Waals surface area contributed by atoms with Crippen LogP contribution in [0, 0.1) is 11.8 Å². The Balaban J connectivity index is 1.78. The number of hydrogen-bond acceptors (Lipinski definition) is 1. The van der Waals surface area contributed by atoms with Gasteiger partial charge in [-0.1, -0.05) is 19.8 Å². The quantitative estimate of drug-likeness (QED) is 0.631. The molecule has 0 aromatic heterocycles. The standard InChI is InChI=1S/C12H21FO/c1-9-2-4-10(5-3-9)12-7-6-11(13)8-14-12/h9-12H,2-8H2,1H3. The van der Waals surface area contributed by atoms with Crippen LogP contribution < -0.4 is 0 Å². The van der Waals surface area contributed by atoms with Crippen molar-refractivity contribution < 1.29 is 9.13 Å². The Kier molecular flexibility index (Phi) is 3.42. The summed E-state index contributed by atoms with van der Waals surface area (Å²) in [5.74, 6) is 1.61. The fourth-order valence-electron chi connectivity index (χ4n) is 2.77. The fraction of sp³-hybridized carbons (Fsp3) is 1.00. The van der Waals surface area contributed by atoms with Gasteiger partial charge in [0, 0.05) is 0 Å². The van der Waals surface area contributed by atoms with E-state index in [0.29, 0.717) is 12.7 Å². The maximum Gasteiger partial charge on any atom is 0.123 e. The lowest BCUT2D eigenvalue weighted by atomic mass is 9.78. The molecule has 0 radical (unpaired) electrons. The molecule has 2 unspecified atom stereocenters. The van der Waals surface area contributed by atoms with Gasteiger partial charge in [-0.25, -0.2) is 4.39 Å². The molecule has 0 aromatic rings. The van der Waals surface area contributed by atoms with E-state index < -0.39 is 6.17 Å². The summed E-state index contributed by atoms with van der Waals surface area (Å²) in [6, 6.07) is 0. The second kappa shape index (κ2) is 4.61. The lowest BCUT2D eigenvalue weighted by molar-refractivity contribution is -0.0643. The minimum Gasteiger partial charge on any atom is -0.375 e. The molecule has 1 aliphatic heterocycles. The Hall–Kier alpha value is -0.110. The first-order chi connectivity index (χ1) is 6.75. The smallest absolute Gasteiger partial charge is 0.123 e. The van der Waals surface area contributed by atoms with Gasteiger partial charge < -0.3 is 4.74 Å². The highest BCUT2D eigenvalue weighted by Gasteiger charge is 2.30. The fourth-order valence-corrected chi connectivity index (χ4v) is 2.77. The third kappa shape index (κ3) is 2.47. The van der Waals surface area contributed by atoms with Gasteiger partial charge in [0.2, 0.25) is 0 Å². The highest BCUT2D eigenvalue weighted by atomic mass is 19.1. The first-order valence-corrected chi connectivity index (χ1v) is 6.01. The Bertz CT molecular complexity index is 147. The van der Waals surface area contributed by atoms with Crippen molar-refractivity contribution in [3.8, 4) is 0 Å². The number of rotatable bonds is 1. The van der Waals surface area contributed by atoms with Crippen LogP contribution in [0.25, 0.3) is 0 Å². The molecule has 1 saturated carbocycles. The zero-order valence-electron chi connectivity index (χ0n) is 9.05. The maximum absolute atomic E-state index is 12.9. The summed E-state index contributed by atoms with van der Waals surface area (Å²) in [7, 11) is 0. The topological polar surface area (TPSA) is 9.23 Å². The molecule has 2 fully saturated rings. The highest BCUT2D eigenvalue weighted by Crippen LogP contribution is 2.34. The van der Waals surface area contributed by atoms with E-state index in [1.807, 2.05) is 0 Å². The molecule has 2 aliphatic rings. The zero-order chi connectivity index (χ0) is 9.97. The van der Waals surface area contributed by atoms with Gasteiger partial charge in [-0.15, -0.1) is 0 Å². The summed E-state index contributed by atoms with van der Waals surface area (Å²) in [6.45, 7) is 2.67. The number of alkyl halides is 1. The van der Waals surface area contributed by atoms with Crippen molar-refractivity contribution in [2.75, 3.05) is 6.61 Å². The first kappa shape index (κ1) is 10.4. The van der Waals surface area contributed by atoms with Gasteiger partial charge in [0.25, 0.3) is 0 Å². The molecule has 0 spiro atoms. The molecule has 0 amide bonds. The zero-order valence-corrected chi connectivity index (χ0v) is 9.05. The van der Waals surface area contributed by atoms with Crippen molar-refractivity contribution in [2.24, 2.45) is 11.8 Å². The Morgan fingerprint density at radius 1 is 1.00 bits per heavy atom. The first-order valence-electron chi connectivity index (χ1n) is 6.01. The van der Waals surface area contributed by atoms with Gasteiger partial charge in [-0.3, -0.25) is 0 Å². The van der Waals surface area contributed by atoms with E-state index in [2.05, 4.69) is 6.92 Å². The van der Waals surface area contributed by atoms with Crippen molar-refractivity contribution in [3.63, 3.8) is 0 Å². The van der Waals surface area contributed by atoms with E-state index >= 15 is 0 Å². The molecule has 1 saturated heterocycles. The van der Waals surface area contributed by atoms with Crippen molar-refractivity contribution in [1.82, 2.24) is 0 Å². The van der Waals surface area contributed by atoms with Crippen molar-refractivity contribution in [1.29, 1.82) is 0 Å². The average molecular weight is 200 g/mol. The Labute approximate surface area is 86.0 Å². The highest BCUT2D eigenvalue weighted by molar-refractivity contribution is 4.80. The number of hydrogen-bond donors (Lipinski definition) is 0. The van der Waals surface area contributed by atoms with Crippen LogP contribution >= 0.6 is 0 Å². The molecule has 14 heavy (non-hydrogen) atoms. The monoisotopic (exact) mass is 200 g/mol. The molecule has 0 aromatic carbocycles.